The molecule has 0 aliphatic carbocycles. The summed E-state index contributed by atoms with van der Waals surface area (Å²) >= 11 is 8.33. The first-order valence-corrected chi connectivity index (χ1v) is 9.67. The van der Waals surface area contributed by atoms with E-state index in [2.05, 4.69) is 46.3 Å². The third kappa shape index (κ3) is 3.31. The van der Waals surface area contributed by atoms with Gasteiger partial charge in [-0.15, -0.1) is 34.0 Å². The molecule has 0 radical (unpaired) electrons. The number of thiophene rings is 3. The maximum atomic E-state index is 9.42. The lowest BCUT2D eigenvalue weighted by Crippen LogP contribution is -1.95. The average molecular weight is 405 g/mol. The molecular weight excluding hydrogens is 396 g/mol. The van der Waals surface area contributed by atoms with Crippen LogP contribution in [0.1, 0.15) is 20.5 Å². The topological polar surface area (TPSA) is 47.6 Å². The molecule has 0 spiro atoms. The lowest BCUT2D eigenvalue weighted by molar-refractivity contribution is 0.882. The Hall–Kier alpha value is -1.44. The van der Waals surface area contributed by atoms with Gasteiger partial charge in [0.05, 0.1) is 15.8 Å². The van der Waals surface area contributed by atoms with E-state index in [9.17, 15) is 5.26 Å². The summed E-state index contributed by atoms with van der Waals surface area (Å²) in [5, 5.41) is 18.3. The van der Waals surface area contributed by atoms with Crippen molar-refractivity contribution in [2.45, 2.75) is 12.3 Å². The molecule has 2 nitrogen and oxygen atoms in total. The van der Waals surface area contributed by atoms with Crippen LogP contribution in [-0.4, -0.2) is 0 Å². The minimum Gasteiger partial charge on any atom is -0.198 e. The fourth-order valence-corrected chi connectivity index (χ4v) is 5.46. The first kappa shape index (κ1) is 15.5. The minimum absolute atomic E-state index is 0.186. The van der Waals surface area contributed by atoms with Crippen molar-refractivity contribution < 1.29 is 0 Å². The zero-order valence-corrected chi connectivity index (χ0v) is 15.3. The monoisotopic (exact) mass is 404 g/mol. The molecule has 0 aliphatic heterocycles. The van der Waals surface area contributed by atoms with Crippen LogP contribution in [0.4, 0.5) is 0 Å². The quantitative estimate of drug-likeness (QED) is 0.533. The van der Waals surface area contributed by atoms with Crippen LogP contribution in [0.5, 0.6) is 0 Å². The van der Waals surface area contributed by atoms with Gasteiger partial charge in [-0.25, -0.2) is 0 Å². The molecule has 108 valence electrons. The van der Waals surface area contributed by atoms with E-state index in [0.29, 0.717) is 11.3 Å². The van der Waals surface area contributed by atoms with Crippen molar-refractivity contribution in [1.82, 2.24) is 0 Å². The van der Waals surface area contributed by atoms with Gasteiger partial charge in [0.25, 0.3) is 0 Å². The van der Waals surface area contributed by atoms with E-state index in [-0.39, 0.29) is 5.92 Å². The lowest BCUT2D eigenvalue weighted by atomic mass is 10.0. The lowest BCUT2D eigenvalue weighted by Gasteiger charge is -2.04. The minimum atomic E-state index is -0.186. The Kier molecular flexibility index (Phi) is 4.75. The van der Waals surface area contributed by atoms with Crippen molar-refractivity contribution in [1.29, 1.82) is 10.5 Å². The summed E-state index contributed by atoms with van der Waals surface area (Å²) in [6.07, 6.45) is 0.694. The van der Waals surface area contributed by atoms with Gasteiger partial charge in [0.2, 0.25) is 0 Å². The molecule has 0 aliphatic rings. The normalized spacial score (nSPS) is 11.8. The Labute approximate surface area is 149 Å². The zero-order chi connectivity index (χ0) is 15.5. The first-order chi connectivity index (χ1) is 10.7. The van der Waals surface area contributed by atoms with Crippen LogP contribution in [0, 0.1) is 22.7 Å². The van der Waals surface area contributed by atoms with Gasteiger partial charge in [0.1, 0.15) is 10.9 Å². The molecule has 0 aromatic carbocycles. The number of nitrogens with zero attached hydrogens (tertiary/aromatic N) is 2. The molecular formula is C16H9BrN2S3. The summed E-state index contributed by atoms with van der Waals surface area (Å²) in [7, 11) is 0. The highest BCUT2D eigenvalue weighted by atomic mass is 79.9. The number of halogens is 1. The van der Waals surface area contributed by atoms with Crippen molar-refractivity contribution in [2.75, 3.05) is 0 Å². The van der Waals surface area contributed by atoms with Crippen LogP contribution in [0.15, 0.2) is 40.2 Å². The summed E-state index contributed by atoms with van der Waals surface area (Å²) in [5.41, 5.74) is 0. The number of hydrogen-bond donors (Lipinski definition) is 0. The second kappa shape index (κ2) is 6.76. The molecule has 0 saturated heterocycles. The maximum Gasteiger partial charge on any atom is 0.110 e. The highest BCUT2D eigenvalue weighted by molar-refractivity contribution is 9.11. The third-order valence-corrected chi connectivity index (χ3v) is 7.15. The molecule has 0 N–H and O–H groups in total. The summed E-state index contributed by atoms with van der Waals surface area (Å²) in [4.78, 5) is 5.28. The molecule has 3 aromatic heterocycles. The van der Waals surface area contributed by atoms with Gasteiger partial charge in [-0.1, -0.05) is 0 Å². The Balaban J connectivity index is 1.79. The second-order valence-electron chi connectivity index (χ2n) is 4.57. The summed E-state index contributed by atoms with van der Waals surface area (Å²) in [6.45, 7) is 0. The molecule has 0 bridgehead atoms. The Bertz CT molecular complexity index is 876. The van der Waals surface area contributed by atoms with E-state index in [1.165, 1.54) is 26.0 Å². The van der Waals surface area contributed by atoms with Crippen LogP contribution in [0.3, 0.4) is 0 Å². The van der Waals surface area contributed by atoms with Crippen LogP contribution < -0.4 is 0 Å². The largest absolute Gasteiger partial charge is 0.198 e. The molecule has 1 unspecified atom stereocenters. The van der Waals surface area contributed by atoms with E-state index in [0.717, 1.165) is 8.66 Å². The molecule has 6 heteroatoms. The van der Waals surface area contributed by atoms with Gasteiger partial charge in [-0.3, -0.25) is 0 Å². The molecule has 3 rings (SSSR count). The van der Waals surface area contributed by atoms with Crippen molar-refractivity contribution in [3.8, 4) is 21.9 Å². The van der Waals surface area contributed by atoms with Crippen LogP contribution in [0.25, 0.3) is 9.75 Å². The zero-order valence-electron chi connectivity index (χ0n) is 11.2. The number of rotatable bonds is 4. The Morgan fingerprint density at radius 3 is 2.36 bits per heavy atom. The van der Waals surface area contributed by atoms with Gasteiger partial charge < -0.3 is 0 Å². The number of hydrogen-bond acceptors (Lipinski definition) is 5. The maximum absolute atomic E-state index is 9.42. The molecule has 0 fully saturated rings. The van der Waals surface area contributed by atoms with Gasteiger partial charge in [0.15, 0.2) is 0 Å². The van der Waals surface area contributed by atoms with Crippen LogP contribution in [0.2, 0.25) is 0 Å². The molecule has 0 amide bonds. The fourth-order valence-electron chi connectivity index (χ4n) is 2.08. The predicted molar refractivity (Wildman–Crippen MR) is 96.4 cm³/mol. The van der Waals surface area contributed by atoms with E-state index in [1.807, 2.05) is 12.1 Å². The summed E-state index contributed by atoms with van der Waals surface area (Å²) in [6, 6.07) is 16.5. The summed E-state index contributed by atoms with van der Waals surface area (Å²) in [5.74, 6) is -0.186. The number of nitriles is 2. The highest BCUT2D eigenvalue weighted by Crippen LogP contribution is 2.37. The summed E-state index contributed by atoms with van der Waals surface area (Å²) < 4.78 is 1.12. The van der Waals surface area contributed by atoms with Crippen molar-refractivity contribution in [3.05, 3.63) is 54.8 Å². The predicted octanol–water partition coefficient (Wildman–Crippen LogP) is 6.02. The van der Waals surface area contributed by atoms with Crippen LogP contribution >= 0.6 is 49.9 Å². The van der Waals surface area contributed by atoms with Crippen molar-refractivity contribution in [3.63, 3.8) is 0 Å². The van der Waals surface area contributed by atoms with Gasteiger partial charge in [-0.2, -0.15) is 10.5 Å². The first-order valence-electron chi connectivity index (χ1n) is 6.43. The van der Waals surface area contributed by atoms with E-state index in [4.69, 9.17) is 5.26 Å². The second-order valence-corrected chi connectivity index (χ2v) is 9.32. The SMILES string of the molecule is N#Cc1ccc(C(C#N)Cc2ccc(-c3ccc(Br)s3)s2)s1. The van der Waals surface area contributed by atoms with Gasteiger partial charge in [0, 0.05) is 25.9 Å². The molecule has 22 heavy (non-hydrogen) atoms. The van der Waals surface area contributed by atoms with E-state index >= 15 is 0 Å². The highest BCUT2D eigenvalue weighted by Gasteiger charge is 2.16. The van der Waals surface area contributed by atoms with E-state index < -0.39 is 0 Å². The smallest absolute Gasteiger partial charge is 0.110 e. The molecule has 1 atom stereocenters. The molecule has 3 heterocycles. The van der Waals surface area contributed by atoms with Gasteiger partial charge >= 0.3 is 0 Å². The Morgan fingerprint density at radius 2 is 1.73 bits per heavy atom. The van der Waals surface area contributed by atoms with Crippen LogP contribution in [-0.2, 0) is 6.42 Å². The van der Waals surface area contributed by atoms with Crippen molar-refractivity contribution >= 4 is 49.9 Å². The Morgan fingerprint density at radius 1 is 0.955 bits per heavy atom. The van der Waals surface area contributed by atoms with Gasteiger partial charge in [-0.05, 0) is 52.3 Å². The van der Waals surface area contributed by atoms with E-state index in [1.54, 1.807) is 28.7 Å². The molecule has 0 saturated carbocycles. The fraction of sp³-hybridized carbons (Fsp3) is 0.125. The molecule has 3 aromatic rings. The van der Waals surface area contributed by atoms with Crippen molar-refractivity contribution in [2.24, 2.45) is 0 Å². The average Bonchev–Trinajstić information content (AvgIpc) is 3.24. The third-order valence-electron chi connectivity index (χ3n) is 3.12. The standard InChI is InChI=1S/C16H9BrN2S3/c17-16-6-5-15(22-16)14-4-1-11(20-14)7-10(8-18)13-3-2-12(9-19)21-13/h1-6,10H,7H2.